The van der Waals surface area contributed by atoms with Gasteiger partial charge in [0.15, 0.2) is 0 Å². The van der Waals surface area contributed by atoms with E-state index in [0.29, 0.717) is 6.04 Å². The van der Waals surface area contributed by atoms with Gasteiger partial charge in [-0.15, -0.1) is 0 Å². The normalized spacial score (nSPS) is 13.6. The van der Waals surface area contributed by atoms with Crippen LogP contribution in [-0.2, 0) is 0 Å². The predicted molar refractivity (Wildman–Crippen MR) is 60.2 cm³/mol. The van der Waals surface area contributed by atoms with Gasteiger partial charge in [-0.25, -0.2) is 0 Å². The summed E-state index contributed by atoms with van der Waals surface area (Å²) < 4.78 is 0. The van der Waals surface area contributed by atoms with Gasteiger partial charge < -0.3 is 10.2 Å². The van der Waals surface area contributed by atoms with Crippen molar-refractivity contribution in [3.8, 4) is 0 Å². The van der Waals surface area contributed by atoms with Crippen molar-refractivity contribution in [3.63, 3.8) is 0 Å². The average Bonchev–Trinajstić information content (AvgIpc) is 2.12. The van der Waals surface area contributed by atoms with E-state index < -0.39 is 0 Å². The Bertz CT molecular complexity index is 104. The molecule has 0 spiro atoms. The van der Waals surface area contributed by atoms with Gasteiger partial charge in [0.1, 0.15) is 0 Å². The van der Waals surface area contributed by atoms with Crippen LogP contribution in [0.2, 0.25) is 0 Å². The maximum absolute atomic E-state index is 3.45. The summed E-state index contributed by atoms with van der Waals surface area (Å²) in [6, 6.07) is 0.627. The molecule has 1 unspecified atom stereocenters. The Labute approximate surface area is 83.7 Å². The summed E-state index contributed by atoms with van der Waals surface area (Å²) in [5.41, 5.74) is 0. The first kappa shape index (κ1) is 12.9. The van der Waals surface area contributed by atoms with Crippen molar-refractivity contribution < 1.29 is 0 Å². The molecular formula is C11H26N2. The van der Waals surface area contributed by atoms with E-state index in [4.69, 9.17) is 0 Å². The summed E-state index contributed by atoms with van der Waals surface area (Å²) in [6.45, 7) is 13.6. The van der Waals surface area contributed by atoms with Gasteiger partial charge in [-0.2, -0.15) is 0 Å². The molecule has 0 aliphatic rings. The summed E-state index contributed by atoms with van der Waals surface area (Å²) in [5.74, 6) is 0. The molecule has 0 rings (SSSR count). The van der Waals surface area contributed by atoms with E-state index in [1.165, 1.54) is 32.5 Å². The number of rotatable bonds is 8. The highest BCUT2D eigenvalue weighted by molar-refractivity contribution is 4.65. The minimum atomic E-state index is 0.627. The molecule has 0 bridgehead atoms. The SMILES string of the molecule is CCCCN(CC)CC(C)NCC. The Balaban J connectivity index is 3.56. The monoisotopic (exact) mass is 186 g/mol. The predicted octanol–water partition coefficient (Wildman–Crippen LogP) is 2.11. The Morgan fingerprint density at radius 3 is 2.38 bits per heavy atom. The molecule has 0 saturated carbocycles. The Hall–Kier alpha value is -0.0800. The van der Waals surface area contributed by atoms with E-state index in [9.17, 15) is 0 Å². The third-order valence-corrected chi connectivity index (χ3v) is 2.36. The second-order valence-corrected chi connectivity index (χ2v) is 3.71. The fraction of sp³-hybridized carbons (Fsp3) is 1.00. The zero-order valence-electron chi connectivity index (χ0n) is 9.77. The van der Waals surface area contributed by atoms with E-state index in [-0.39, 0.29) is 0 Å². The van der Waals surface area contributed by atoms with Crippen molar-refractivity contribution in [1.82, 2.24) is 10.2 Å². The van der Waals surface area contributed by atoms with E-state index in [1.807, 2.05) is 0 Å². The van der Waals surface area contributed by atoms with Gasteiger partial charge in [0.05, 0.1) is 0 Å². The lowest BCUT2D eigenvalue weighted by atomic mass is 10.2. The number of hydrogen-bond acceptors (Lipinski definition) is 2. The first-order valence-electron chi connectivity index (χ1n) is 5.70. The highest BCUT2D eigenvalue weighted by Crippen LogP contribution is 1.96. The third kappa shape index (κ3) is 7.03. The maximum Gasteiger partial charge on any atom is 0.0166 e. The van der Waals surface area contributed by atoms with Gasteiger partial charge in [-0.1, -0.05) is 27.2 Å². The highest BCUT2D eigenvalue weighted by atomic mass is 15.1. The van der Waals surface area contributed by atoms with E-state index in [1.54, 1.807) is 0 Å². The second-order valence-electron chi connectivity index (χ2n) is 3.71. The largest absolute Gasteiger partial charge is 0.313 e. The van der Waals surface area contributed by atoms with Crippen LogP contribution in [0.3, 0.4) is 0 Å². The molecule has 0 aromatic rings. The summed E-state index contributed by atoms with van der Waals surface area (Å²) in [4.78, 5) is 2.52. The number of hydrogen-bond donors (Lipinski definition) is 1. The van der Waals surface area contributed by atoms with Gasteiger partial charge >= 0.3 is 0 Å². The summed E-state index contributed by atoms with van der Waals surface area (Å²) in [7, 11) is 0. The molecule has 2 nitrogen and oxygen atoms in total. The quantitative estimate of drug-likeness (QED) is 0.624. The fourth-order valence-electron chi connectivity index (χ4n) is 1.56. The van der Waals surface area contributed by atoms with Crippen LogP contribution in [0.25, 0.3) is 0 Å². The lowest BCUT2D eigenvalue weighted by Gasteiger charge is -2.24. The van der Waals surface area contributed by atoms with Crippen molar-refractivity contribution in [2.24, 2.45) is 0 Å². The van der Waals surface area contributed by atoms with Gasteiger partial charge in [-0.3, -0.25) is 0 Å². The Kier molecular flexibility index (Phi) is 8.46. The minimum Gasteiger partial charge on any atom is -0.313 e. The summed E-state index contributed by atoms with van der Waals surface area (Å²) in [6.07, 6.45) is 2.62. The number of likely N-dealkylation sites (N-methyl/N-ethyl adjacent to an activating group) is 2. The molecule has 0 aliphatic heterocycles. The lowest BCUT2D eigenvalue weighted by molar-refractivity contribution is 0.256. The standard InChI is InChI=1S/C11H26N2/c1-5-8-9-13(7-3)10-11(4)12-6-2/h11-12H,5-10H2,1-4H3. The maximum atomic E-state index is 3.45. The van der Waals surface area contributed by atoms with Crippen LogP contribution in [-0.4, -0.2) is 37.1 Å². The first-order valence-corrected chi connectivity index (χ1v) is 5.70. The first-order chi connectivity index (χ1) is 6.24. The molecule has 13 heavy (non-hydrogen) atoms. The van der Waals surface area contributed by atoms with Crippen molar-refractivity contribution in [2.75, 3.05) is 26.2 Å². The van der Waals surface area contributed by atoms with Crippen LogP contribution < -0.4 is 5.32 Å². The Morgan fingerprint density at radius 1 is 1.23 bits per heavy atom. The molecule has 80 valence electrons. The van der Waals surface area contributed by atoms with Crippen molar-refractivity contribution in [2.45, 2.75) is 46.6 Å². The van der Waals surface area contributed by atoms with E-state index >= 15 is 0 Å². The van der Waals surface area contributed by atoms with Crippen LogP contribution in [0.4, 0.5) is 0 Å². The molecule has 1 atom stereocenters. The number of unbranched alkanes of at least 4 members (excludes halogenated alkanes) is 1. The topological polar surface area (TPSA) is 15.3 Å². The Morgan fingerprint density at radius 2 is 1.92 bits per heavy atom. The van der Waals surface area contributed by atoms with Gasteiger partial charge in [-0.05, 0) is 33.0 Å². The molecular weight excluding hydrogens is 160 g/mol. The van der Waals surface area contributed by atoms with E-state index in [2.05, 4.69) is 37.9 Å². The van der Waals surface area contributed by atoms with Crippen molar-refractivity contribution >= 4 is 0 Å². The molecule has 0 radical (unpaired) electrons. The van der Waals surface area contributed by atoms with E-state index in [0.717, 1.165) is 6.54 Å². The lowest BCUT2D eigenvalue weighted by Crippen LogP contribution is -2.39. The number of nitrogens with zero attached hydrogens (tertiary/aromatic N) is 1. The van der Waals surface area contributed by atoms with Crippen molar-refractivity contribution in [1.29, 1.82) is 0 Å². The zero-order chi connectivity index (χ0) is 10.1. The number of nitrogens with one attached hydrogen (secondary N) is 1. The van der Waals surface area contributed by atoms with Crippen molar-refractivity contribution in [3.05, 3.63) is 0 Å². The van der Waals surface area contributed by atoms with Crippen LogP contribution in [0.1, 0.15) is 40.5 Å². The van der Waals surface area contributed by atoms with Gasteiger partial charge in [0.25, 0.3) is 0 Å². The fourth-order valence-corrected chi connectivity index (χ4v) is 1.56. The smallest absolute Gasteiger partial charge is 0.0166 e. The van der Waals surface area contributed by atoms with Crippen LogP contribution >= 0.6 is 0 Å². The van der Waals surface area contributed by atoms with Crippen LogP contribution in [0.5, 0.6) is 0 Å². The molecule has 0 saturated heterocycles. The molecule has 0 aliphatic carbocycles. The average molecular weight is 186 g/mol. The molecule has 0 amide bonds. The molecule has 2 heteroatoms. The van der Waals surface area contributed by atoms with Crippen LogP contribution in [0.15, 0.2) is 0 Å². The zero-order valence-corrected chi connectivity index (χ0v) is 9.77. The molecule has 0 heterocycles. The second kappa shape index (κ2) is 8.52. The third-order valence-electron chi connectivity index (χ3n) is 2.36. The molecule has 0 fully saturated rings. The van der Waals surface area contributed by atoms with Gasteiger partial charge in [0, 0.05) is 12.6 Å². The summed E-state index contributed by atoms with van der Waals surface area (Å²) >= 11 is 0. The minimum absolute atomic E-state index is 0.627. The highest BCUT2D eigenvalue weighted by Gasteiger charge is 2.06. The summed E-state index contributed by atoms with van der Waals surface area (Å²) in [5, 5.41) is 3.45. The van der Waals surface area contributed by atoms with Gasteiger partial charge in [0.2, 0.25) is 0 Å². The molecule has 0 aromatic carbocycles. The molecule has 1 N–H and O–H groups in total. The van der Waals surface area contributed by atoms with Crippen LogP contribution in [0, 0.1) is 0 Å². The molecule has 0 aromatic heterocycles.